The van der Waals surface area contributed by atoms with Crippen molar-refractivity contribution in [2.24, 2.45) is 0 Å². The Morgan fingerprint density at radius 3 is 2.63 bits per heavy atom. The van der Waals surface area contributed by atoms with Gasteiger partial charge in [-0.2, -0.15) is 0 Å². The molecule has 0 bridgehead atoms. The average Bonchev–Trinajstić information content (AvgIpc) is 2.77. The minimum absolute atomic E-state index is 0.0693. The topological polar surface area (TPSA) is 54.9 Å². The Morgan fingerprint density at radius 2 is 2.05 bits per heavy atom. The van der Waals surface area contributed by atoms with Crippen LogP contribution in [0.2, 0.25) is 5.02 Å². The molecule has 7 heteroatoms. The predicted molar refractivity (Wildman–Crippen MR) is 80.0 cm³/mol. The van der Waals surface area contributed by atoms with Crippen molar-refractivity contribution in [1.82, 2.24) is 10.2 Å². The van der Waals surface area contributed by atoms with Crippen LogP contribution in [0.25, 0.3) is 0 Å². The van der Waals surface area contributed by atoms with Crippen LogP contribution in [0.1, 0.15) is 11.9 Å². The maximum absolute atomic E-state index is 12.0. The number of carbonyl (C=O) groups is 1. The maximum atomic E-state index is 12.0. The van der Waals surface area contributed by atoms with Gasteiger partial charge in [0.15, 0.2) is 4.34 Å². The summed E-state index contributed by atoms with van der Waals surface area (Å²) in [6.45, 7) is 3.73. The summed E-state index contributed by atoms with van der Waals surface area (Å²) in [6, 6.07) is 7.02. The molecule has 1 aromatic heterocycles. The number of halogens is 1. The van der Waals surface area contributed by atoms with E-state index in [2.05, 4.69) is 15.5 Å². The Bertz CT molecular complexity index is 571. The minimum Gasteiger partial charge on any atom is -0.325 e. The van der Waals surface area contributed by atoms with Crippen molar-refractivity contribution in [3.05, 3.63) is 34.3 Å². The van der Waals surface area contributed by atoms with Gasteiger partial charge >= 0.3 is 0 Å². The zero-order valence-corrected chi connectivity index (χ0v) is 12.8. The quantitative estimate of drug-likeness (QED) is 0.876. The fourth-order valence-electron chi connectivity index (χ4n) is 1.31. The molecule has 2 aromatic rings. The number of amides is 1. The summed E-state index contributed by atoms with van der Waals surface area (Å²) in [6.07, 6.45) is 0. The van der Waals surface area contributed by atoms with Gasteiger partial charge in [-0.25, -0.2) is 0 Å². The summed E-state index contributed by atoms with van der Waals surface area (Å²) in [5, 5.41) is 12.1. The number of thioether (sulfide) groups is 1. The highest BCUT2D eigenvalue weighted by Crippen LogP contribution is 2.27. The molecule has 4 nitrogen and oxygen atoms in total. The number of aryl methyl sites for hydroxylation is 1. The van der Waals surface area contributed by atoms with Crippen molar-refractivity contribution in [3.63, 3.8) is 0 Å². The molecule has 0 radical (unpaired) electrons. The van der Waals surface area contributed by atoms with E-state index < -0.39 is 0 Å². The van der Waals surface area contributed by atoms with Crippen LogP contribution >= 0.6 is 34.7 Å². The Labute approximate surface area is 124 Å². The van der Waals surface area contributed by atoms with Gasteiger partial charge in [-0.15, -0.1) is 10.2 Å². The summed E-state index contributed by atoms with van der Waals surface area (Å²) in [4.78, 5) is 12.0. The van der Waals surface area contributed by atoms with Crippen molar-refractivity contribution in [2.75, 3.05) is 5.32 Å². The zero-order chi connectivity index (χ0) is 13.8. The van der Waals surface area contributed by atoms with Crippen LogP contribution in [0.15, 0.2) is 28.6 Å². The Balaban J connectivity index is 1.94. The van der Waals surface area contributed by atoms with Crippen LogP contribution in [-0.2, 0) is 4.79 Å². The van der Waals surface area contributed by atoms with Gasteiger partial charge in [0.2, 0.25) is 5.91 Å². The minimum atomic E-state index is -0.233. The summed E-state index contributed by atoms with van der Waals surface area (Å²) in [5.74, 6) is -0.0693. The standard InChI is InChI=1S/C12H12ClN3OS2/c1-7(18-12-16-15-8(2)19-12)11(17)14-10-5-3-9(13)4-6-10/h3-7H,1-2H3,(H,14,17)/t7-/m1/s1. The van der Waals surface area contributed by atoms with Gasteiger partial charge in [0.1, 0.15) is 5.01 Å². The number of hydrogen-bond donors (Lipinski definition) is 1. The number of hydrogen-bond acceptors (Lipinski definition) is 5. The summed E-state index contributed by atoms with van der Waals surface area (Å²) < 4.78 is 0.802. The van der Waals surface area contributed by atoms with Crippen LogP contribution < -0.4 is 5.32 Å². The molecule has 0 spiro atoms. The second kappa shape index (κ2) is 6.36. The van der Waals surface area contributed by atoms with Crippen molar-refractivity contribution in [1.29, 1.82) is 0 Å². The number of nitrogens with zero attached hydrogens (tertiary/aromatic N) is 2. The Kier molecular flexibility index (Phi) is 4.79. The van der Waals surface area contributed by atoms with E-state index in [1.165, 1.54) is 23.1 Å². The molecule has 0 fully saturated rings. The van der Waals surface area contributed by atoms with E-state index in [-0.39, 0.29) is 11.2 Å². The van der Waals surface area contributed by atoms with E-state index in [9.17, 15) is 4.79 Å². The van der Waals surface area contributed by atoms with Crippen LogP contribution in [0, 0.1) is 6.92 Å². The van der Waals surface area contributed by atoms with E-state index in [1.54, 1.807) is 24.3 Å². The first-order valence-corrected chi connectivity index (χ1v) is 7.65. The molecule has 2 rings (SSSR count). The highest BCUT2D eigenvalue weighted by molar-refractivity contribution is 8.02. The molecule has 19 heavy (non-hydrogen) atoms. The fourth-order valence-corrected chi connectivity index (χ4v) is 3.39. The van der Waals surface area contributed by atoms with Crippen molar-refractivity contribution < 1.29 is 4.79 Å². The van der Waals surface area contributed by atoms with Crippen LogP contribution in [-0.4, -0.2) is 21.4 Å². The third kappa shape index (κ3) is 4.19. The number of benzene rings is 1. The number of carbonyl (C=O) groups excluding carboxylic acids is 1. The van der Waals surface area contributed by atoms with Gasteiger partial charge in [0.05, 0.1) is 5.25 Å². The first-order chi connectivity index (χ1) is 9.04. The Morgan fingerprint density at radius 1 is 1.37 bits per heavy atom. The number of anilines is 1. The van der Waals surface area contributed by atoms with Gasteiger partial charge in [-0.05, 0) is 38.1 Å². The fraction of sp³-hybridized carbons (Fsp3) is 0.250. The van der Waals surface area contributed by atoms with Crippen LogP contribution in [0.3, 0.4) is 0 Å². The molecule has 0 aliphatic carbocycles. The SMILES string of the molecule is Cc1nnc(S[C@H](C)C(=O)Nc2ccc(Cl)cc2)s1. The average molecular weight is 314 g/mol. The lowest BCUT2D eigenvalue weighted by Gasteiger charge is -2.10. The molecule has 0 aliphatic rings. The second-order valence-corrected chi connectivity index (χ2v) is 7.05. The molecule has 1 aromatic carbocycles. The molecule has 1 N–H and O–H groups in total. The molecule has 0 saturated carbocycles. The van der Waals surface area contributed by atoms with Gasteiger partial charge in [-0.3, -0.25) is 4.79 Å². The number of rotatable bonds is 4. The number of aromatic nitrogens is 2. The molecule has 1 amide bonds. The second-order valence-electron chi connectivity index (χ2n) is 3.84. The van der Waals surface area contributed by atoms with E-state index in [4.69, 9.17) is 11.6 Å². The van der Waals surface area contributed by atoms with E-state index in [0.717, 1.165) is 15.0 Å². The van der Waals surface area contributed by atoms with Gasteiger partial charge in [0.25, 0.3) is 0 Å². The lowest BCUT2D eigenvalue weighted by atomic mass is 10.3. The number of nitrogens with one attached hydrogen (secondary N) is 1. The molecular weight excluding hydrogens is 302 g/mol. The normalized spacial score (nSPS) is 12.2. The highest BCUT2D eigenvalue weighted by Gasteiger charge is 2.16. The molecular formula is C12H12ClN3OS2. The third-order valence-electron chi connectivity index (χ3n) is 2.27. The lowest BCUT2D eigenvalue weighted by Crippen LogP contribution is -2.22. The lowest BCUT2D eigenvalue weighted by molar-refractivity contribution is -0.115. The monoisotopic (exact) mass is 313 g/mol. The smallest absolute Gasteiger partial charge is 0.237 e. The van der Waals surface area contributed by atoms with E-state index in [0.29, 0.717) is 5.02 Å². The summed E-state index contributed by atoms with van der Waals surface area (Å²) in [5.41, 5.74) is 0.732. The molecule has 0 unspecified atom stereocenters. The van der Waals surface area contributed by atoms with Crippen molar-refractivity contribution >= 4 is 46.3 Å². The summed E-state index contributed by atoms with van der Waals surface area (Å²) in [7, 11) is 0. The molecule has 1 atom stereocenters. The summed E-state index contributed by atoms with van der Waals surface area (Å²) >= 11 is 8.68. The van der Waals surface area contributed by atoms with E-state index >= 15 is 0 Å². The van der Waals surface area contributed by atoms with Gasteiger partial charge in [-0.1, -0.05) is 34.7 Å². The largest absolute Gasteiger partial charge is 0.325 e. The first-order valence-electron chi connectivity index (χ1n) is 5.58. The van der Waals surface area contributed by atoms with Gasteiger partial charge < -0.3 is 5.32 Å². The molecule has 100 valence electrons. The Hall–Kier alpha value is -1.11. The van der Waals surface area contributed by atoms with Crippen LogP contribution in [0.4, 0.5) is 5.69 Å². The molecule has 0 saturated heterocycles. The van der Waals surface area contributed by atoms with Crippen molar-refractivity contribution in [2.45, 2.75) is 23.4 Å². The van der Waals surface area contributed by atoms with E-state index in [1.807, 2.05) is 13.8 Å². The van der Waals surface area contributed by atoms with Crippen molar-refractivity contribution in [3.8, 4) is 0 Å². The highest BCUT2D eigenvalue weighted by atomic mass is 35.5. The predicted octanol–water partition coefficient (Wildman–Crippen LogP) is 3.62. The van der Waals surface area contributed by atoms with Gasteiger partial charge in [0, 0.05) is 10.7 Å². The third-order valence-corrected chi connectivity index (χ3v) is 4.54. The molecule has 0 aliphatic heterocycles. The zero-order valence-electron chi connectivity index (χ0n) is 10.4. The molecule has 1 heterocycles. The first kappa shape index (κ1) is 14.3. The van der Waals surface area contributed by atoms with Crippen LogP contribution in [0.5, 0.6) is 0 Å². The maximum Gasteiger partial charge on any atom is 0.237 e.